The third-order valence-electron chi connectivity index (χ3n) is 5.64. The molecule has 1 aliphatic rings. The fourth-order valence-corrected chi connectivity index (χ4v) is 5.02. The van der Waals surface area contributed by atoms with Gasteiger partial charge in [0.2, 0.25) is 0 Å². The van der Waals surface area contributed by atoms with Crippen molar-refractivity contribution in [1.29, 1.82) is 0 Å². The molecule has 0 amide bonds. The topological polar surface area (TPSA) is 38.7 Å². The molecule has 0 aromatic rings. The number of hydrogen-bond acceptors (Lipinski definition) is 2. The van der Waals surface area contributed by atoms with Crippen LogP contribution in [-0.2, 0) is 15.4 Å². The normalized spacial score (nSPS) is 26.0. The van der Waals surface area contributed by atoms with Gasteiger partial charge in [-0.2, -0.15) is 4.40 Å². The van der Waals surface area contributed by atoms with E-state index in [4.69, 9.17) is 8.82 Å². The summed E-state index contributed by atoms with van der Waals surface area (Å²) in [6.45, 7) is 19.8. The van der Waals surface area contributed by atoms with Crippen LogP contribution in [0.4, 0.5) is 0 Å². The van der Waals surface area contributed by atoms with Gasteiger partial charge in [0, 0.05) is 11.6 Å². The van der Waals surface area contributed by atoms with Crippen molar-refractivity contribution in [1.82, 2.24) is 0 Å². The van der Waals surface area contributed by atoms with Crippen LogP contribution in [0, 0.1) is 5.92 Å². The Morgan fingerprint density at radius 2 is 1.80 bits per heavy atom. The molecule has 0 aromatic heterocycles. The SMILES string of the molecule is CCCC[C@@H]1/C(=N/[S@](=O)C(C)(C)C)CCC[C@H]1O[Si](C)(C)C(C)(C)C. The van der Waals surface area contributed by atoms with Gasteiger partial charge in [-0.25, -0.2) is 4.21 Å². The highest BCUT2D eigenvalue weighted by molar-refractivity contribution is 7.85. The first-order valence-corrected chi connectivity index (χ1v) is 14.0. The number of unbranched alkanes of at least 4 members (excludes halogenated alkanes) is 1. The Morgan fingerprint density at radius 1 is 1.20 bits per heavy atom. The molecule has 0 saturated heterocycles. The second kappa shape index (κ2) is 8.79. The Labute approximate surface area is 160 Å². The second-order valence-electron chi connectivity index (χ2n) is 10.0. The molecule has 0 spiro atoms. The van der Waals surface area contributed by atoms with Crippen molar-refractivity contribution < 1.29 is 8.63 Å². The quantitative estimate of drug-likeness (QED) is 0.504. The first-order chi connectivity index (χ1) is 11.3. The largest absolute Gasteiger partial charge is 0.413 e. The fraction of sp³-hybridized carbons (Fsp3) is 0.950. The van der Waals surface area contributed by atoms with E-state index in [1.54, 1.807) is 0 Å². The van der Waals surface area contributed by atoms with E-state index < -0.39 is 19.3 Å². The summed E-state index contributed by atoms with van der Waals surface area (Å²) in [5.41, 5.74) is 1.15. The van der Waals surface area contributed by atoms with Crippen molar-refractivity contribution in [2.24, 2.45) is 10.3 Å². The average Bonchev–Trinajstić information content (AvgIpc) is 2.44. The van der Waals surface area contributed by atoms with Gasteiger partial charge in [0.25, 0.3) is 0 Å². The number of rotatable bonds is 6. The summed E-state index contributed by atoms with van der Waals surface area (Å²) in [4.78, 5) is 0. The second-order valence-corrected chi connectivity index (χ2v) is 16.7. The van der Waals surface area contributed by atoms with Gasteiger partial charge in [0.15, 0.2) is 8.32 Å². The van der Waals surface area contributed by atoms with Crippen molar-refractivity contribution in [2.45, 2.75) is 116 Å². The Balaban J connectivity index is 3.08. The van der Waals surface area contributed by atoms with Crippen LogP contribution in [-0.4, -0.2) is 29.1 Å². The molecule has 0 heterocycles. The highest BCUT2D eigenvalue weighted by atomic mass is 32.2. The van der Waals surface area contributed by atoms with E-state index in [2.05, 4.69) is 40.8 Å². The molecule has 25 heavy (non-hydrogen) atoms. The minimum atomic E-state index is -1.81. The maximum atomic E-state index is 12.6. The zero-order valence-electron chi connectivity index (χ0n) is 18.1. The van der Waals surface area contributed by atoms with Crippen LogP contribution in [0.3, 0.4) is 0 Å². The third-order valence-corrected chi connectivity index (χ3v) is 11.6. The van der Waals surface area contributed by atoms with Crippen molar-refractivity contribution in [3.63, 3.8) is 0 Å². The lowest BCUT2D eigenvalue weighted by atomic mass is 9.81. The predicted octanol–water partition coefficient (Wildman–Crippen LogP) is 6.27. The molecule has 5 heteroatoms. The molecule has 1 fully saturated rings. The van der Waals surface area contributed by atoms with E-state index in [0.717, 1.165) is 31.4 Å². The van der Waals surface area contributed by atoms with Crippen LogP contribution in [0.1, 0.15) is 87.0 Å². The Bertz CT molecular complexity index is 489. The van der Waals surface area contributed by atoms with Crippen LogP contribution < -0.4 is 0 Å². The van der Waals surface area contributed by atoms with E-state index in [-0.39, 0.29) is 15.9 Å². The summed E-state index contributed by atoms with van der Waals surface area (Å²) in [7, 11) is -2.98. The van der Waals surface area contributed by atoms with Gasteiger partial charge in [0.1, 0.15) is 11.0 Å². The molecule has 3 atom stereocenters. The maximum Gasteiger partial charge on any atom is 0.192 e. The van der Waals surface area contributed by atoms with Crippen LogP contribution >= 0.6 is 0 Å². The van der Waals surface area contributed by atoms with Crippen molar-refractivity contribution in [3.8, 4) is 0 Å². The Morgan fingerprint density at radius 3 is 2.28 bits per heavy atom. The van der Waals surface area contributed by atoms with Crippen LogP contribution in [0.5, 0.6) is 0 Å². The highest BCUT2D eigenvalue weighted by Crippen LogP contribution is 2.41. The van der Waals surface area contributed by atoms with Crippen LogP contribution in [0.2, 0.25) is 18.1 Å². The fourth-order valence-electron chi connectivity index (χ4n) is 2.92. The lowest BCUT2D eigenvalue weighted by Crippen LogP contribution is -2.48. The number of hydrogen-bond donors (Lipinski definition) is 0. The monoisotopic (exact) mass is 387 g/mol. The van der Waals surface area contributed by atoms with Crippen LogP contribution in [0.25, 0.3) is 0 Å². The zero-order chi connectivity index (χ0) is 19.5. The Hall–Kier alpha value is -0.00312. The summed E-state index contributed by atoms with van der Waals surface area (Å²) in [6.07, 6.45) is 6.91. The lowest BCUT2D eigenvalue weighted by Gasteiger charge is -2.43. The molecule has 1 aliphatic carbocycles. The van der Waals surface area contributed by atoms with Crippen molar-refractivity contribution in [2.75, 3.05) is 0 Å². The first kappa shape index (κ1) is 23.0. The lowest BCUT2D eigenvalue weighted by molar-refractivity contribution is 0.120. The molecule has 1 rings (SSSR count). The third kappa shape index (κ3) is 6.58. The molecule has 0 aliphatic heterocycles. The van der Waals surface area contributed by atoms with E-state index in [1.165, 1.54) is 12.8 Å². The van der Waals surface area contributed by atoms with E-state index in [0.29, 0.717) is 5.92 Å². The molecule has 0 bridgehead atoms. The summed E-state index contributed by atoms with van der Waals surface area (Å²) in [5, 5.41) is 0.214. The predicted molar refractivity (Wildman–Crippen MR) is 114 cm³/mol. The smallest absolute Gasteiger partial charge is 0.192 e. The van der Waals surface area contributed by atoms with Gasteiger partial charge in [-0.3, -0.25) is 0 Å². The first-order valence-electron chi connectivity index (χ1n) is 9.97. The minimum Gasteiger partial charge on any atom is -0.413 e. The van der Waals surface area contributed by atoms with E-state index in [1.807, 2.05) is 20.8 Å². The number of nitrogens with zero attached hydrogens (tertiary/aromatic N) is 1. The molecule has 0 radical (unpaired) electrons. The Kier molecular flexibility index (Phi) is 8.10. The highest BCUT2D eigenvalue weighted by Gasteiger charge is 2.42. The van der Waals surface area contributed by atoms with Crippen molar-refractivity contribution >= 4 is 25.0 Å². The maximum absolute atomic E-state index is 12.6. The van der Waals surface area contributed by atoms with Gasteiger partial charge in [-0.1, -0.05) is 40.5 Å². The summed E-state index contributed by atoms with van der Waals surface area (Å²) >= 11 is 0. The summed E-state index contributed by atoms with van der Waals surface area (Å²) < 4.78 is 23.8. The van der Waals surface area contributed by atoms with Crippen LogP contribution in [0.15, 0.2) is 4.40 Å². The molecule has 0 N–H and O–H groups in total. The van der Waals surface area contributed by atoms with E-state index >= 15 is 0 Å². The van der Waals surface area contributed by atoms with Gasteiger partial charge < -0.3 is 4.43 Å². The molecule has 0 unspecified atom stereocenters. The summed E-state index contributed by atoms with van der Waals surface area (Å²) in [5.74, 6) is 0.342. The van der Waals surface area contributed by atoms with Crippen molar-refractivity contribution in [3.05, 3.63) is 0 Å². The average molecular weight is 388 g/mol. The van der Waals surface area contributed by atoms with Gasteiger partial charge >= 0.3 is 0 Å². The van der Waals surface area contributed by atoms with Gasteiger partial charge in [-0.05, 0) is 64.6 Å². The molecule has 3 nitrogen and oxygen atoms in total. The minimum absolute atomic E-state index is 0.214. The van der Waals surface area contributed by atoms with Gasteiger partial charge in [0.05, 0.1) is 10.9 Å². The molecular formula is C20H41NO2SSi. The molecule has 1 saturated carbocycles. The van der Waals surface area contributed by atoms with E-state index in [9.17, 15) is 4.21 Å². The summed E-state index contributed by atoms with van der Waals surface area (Å²) in [6, 6.07) is 0. The van der Waals surface area contributed by atoms with Gasteiger partial charge in [-0.15, -0.1) is 0 Å². The zero-order valence-corrected chi connectivity index (χ0v) is 19.9. The molecule has 0 aromatic carbocycles. The molecular weight excluding hydrogens is 346 g/mol. The standard InChI is InChI=1S/C20H41NO2SSi/c1-10-11-13-16-17(21-24(22)19(2,3)4)14-12-15-18(16)23-25(8,9)20(5,6)7/h16,18H,10-15H2,1-9H3/b21-17+/t16-,18-,24-/m1/s1. The molecule has 148 valence electrons.